The van der Waals surface area contributed by atoms with Crippen molar-refractivity contribution in [3.63, 3.8) is 0 Å². The molecule has 0 saturated carbocycles. The maximum Gasteiger partial charge on any atom is 0.257 e. The summed E-state index contributed by atoms with van der Waals surface area (Å²) in [6.45, 7) is 7.89. The molecule has 0 atom stereocenters. The number of carbonyl (C=O) groups excluding carboxylic acids is 1. The van der Waals surface area contributed by atoms with Crippen LogP contribution in [0.15, 0.2) is 42.6 Å². The van der Waals surface area contributed by atoms with Crippen LogP contribution in [0.2, 0.25) is 0 Å². The first-order valence-corrected chi connectivity index (χ1v) is 15.4. The Morgan fingerprint density at radius 3 is 2.49 bits per heavy atom. The van der Waals surface area contributed by atoms with E-state index in [0.717, 1.165) is 25.2 Å². The molecular formula is C28H38N6O4S. The molecule has 0 unspecified atom stereocenters. The van der Waals surface area contributed by atoms with E-state index in [1.165, 1.54) is 19.3 Å². The molecule has 2 aliphatic heterocycles. The Morgan fingerprint density at radius 1 is 1.08 bits per heavy atom. The van der Waals surface area contributed by atoms with Gasteiger partial charge in [-0.1, -0.05) is 24.6 Å². The molecule has 39 heavy (non-hydrogen) atoms. The van der Waals surface area contributed by atoms with Gasteiger partial charge in [0.1, 0.15) is 12.1 Å². The Labute approximate surface area is 230 Å². The Morgan fingerprint density at radius 2 is 1.79 bits per heavy atom. The number of carbonyl (C=O) groups is 1. The maximum absolute atomic E-state index is 13.0. The van der Waals surface area contributed by atoms with E-state index >= 15 is 0 Å². The lowest BCUT2D eigenvalue weighted by atomic mass is 10.1. The first-order chi connectivity index (χ1) is 18.8. The van der Waals surface area contributed by atoms with Crippen molar-refractivity contribution in [2.45, 2.75) is 57.2 Å². The standard InChI is InChI=1S/C28H38N6O4S/c1-21(2)39(36,37)33-15-11-23(12-16-33)34-25-19-26(38-18-17-32-13-7-4-8-14-32)29-20-24(25)30-28(34)31-27(35)22-9-5-3-6-10-22/h3,5-6,9-10,19-21,23H,4,7-8,11-18H2,1-2H3,(H,30,31,35). The van der Waals surface area contributed by atoms with Gasteiger partial charge in [-0.3, -0.25) is 15.0 Å². The zero-order valence-electron chi connectivity index (χ0n) is 22.8. The molecule has 5 rings (SSSR count). The van der Waals surface area contributed by atoms with Crippen LogP contribution in [0.25, 0.3) is 11.0 Å². The molecule has 0 aliphatic carbocycles. The number of sulfonamides is 1. The van der Waals surface area contributed by atoms with Gasteiger partial charge >= 0.3 is 0 Å². The van der Waals surface area contributed by atoms with Crippen LogP contribution in [-0.2, 0) is 10.0 Å². The molecule has 11 heteroatoms. The number of nitrogens with one attached hydrogen (secondary N) is 1. The summed E-state index contributed by atoms with van der Waals surface area (Å²) < 4.78 is 35.1. The van der Waals surface area contributed by atoms with Crippen LogP contribution in [0.1, 0.15) is 62.4 Å². The topological polar surface area (TPSA) is 110 Å². The van der Waals surface area contributed by atoms with E-state index in [0.29, 0.717) is 55.4 Å². The molecule has 0 radical (unpaired) electrons. The molecule has 10 nitrogen and oxygen atoms in total. The van der Waals surface area contributed by atoms with Gasteiger partial charge in [-0.2, -0.15) is 0 Å². The third-order valence-corrected chi connectivity index (χ3v) is 9.94. The first kappa shape index (κ1) is 27.5. The molecule has 2 fully saturated rings. The van der Waals surface area contributed by atoms with Gasteiger partial charge in [-0.05, 0) is 64.8 Å². The quantitative estimate of drug-likeness (QED) is 0.427. The number of fused-ring (bicyclic) bond motifs is 1. The van der Waals surface area contributed by atoms with E-state index < -0.39 is 15.3 Å². The number of hydrogen-bond donors (Lipinski definition) is 1. The predicted molar refractivity (Wildman–Crippen MR) is 152 cm³/mol. The van der Waals surface area contributed by atoms with Gasteiger partial charge in [0.25, 0.3) is 5.91 Å². The first-order valence-electron chi connectivity index (χ1n) is 13.9. The fourth-order valence-electron chi connectivity index (χ4n) is 5.40. The van der Waals surface area contributed by atoms with E-state index in [1.54, 1.807) is 36.5 Å². The zero-order chi connectivity index (χ0) is 27.4. The van der Waals surface area contributed by atoms with Crippen molar-refractivity contribution >= 4 is 32.9 Å². The van der Waals surface area contributed by atoms with Gasteiger partial charge in [0.05, 0.1) is 17.0 Å². The van der Waals surface area contributed by atoms with Crippen LogP contribution in [0.3, 0.4) is 0 Å². The number of pyridine rings is 1. The molecule has 2 saturated heterocycles. The maximum atomic E-state index is 13.0. The molecule has 0 bridgehead atoms. The zero-order valence-corrected chi connectivity index (χ0v) is 23.6. The summed E-state index contributed by atoms with van der Waals surface area (Å²) in [5.41, 5.74) is 2.00. The Kier molecular flexibility index (Phi) is 8.49. The van der Waals surface area contributed by atoms with Crippen LogP contribution < -0.4 is 10.1 Å². The number of piperidine rings is 2. The minimum Gasteiger partial charge on any atom is -0.476 e. The summed E-state index contributed by atoms with van der Waals surface area (Å²) in [5.74, 6) is 0.690. The van der Waals surface area contributed by atoms with Gasteiger partial charge in [0, 0.05) is 37.3 Å². The predicted octanol–water partition coefficient (Wildman–Crippen LogP) is 3.92. The molecule has 1 aromatic carbocycles. The summed E-state index contributed by atoms with van der Waals surface area (Å²) >= 11 is 0. The number of rotatable bonds is 9. The Hall–Kier alpha value is -3.02. The highest BCUT2D eigenvalue weighted by Crippen LogP contribution is 2.33. The van der Waals surface area contributed by atoms with Crippen LogP contribution in [0.4, 0.5) is 5.95 Å². The highest BCUT2D eigenvalue weighted by Gasteiger charge is 2.32. The number of hydrogen-bond acceptors (Lipinski definition) is 7. The Bertz CT molecular complexity index is 1380. The Balaban J connectivity index is 1.39. The second-order valence-corrected chi connectivity index (χ2v) is 13.1. The van der Waals surface area contributed by atoms with Crippen LogP contribution in [-0.4, -0.2) is 82.6 Å². The SMILES string of the molecule is CC(C)S(=O)(=O)N1CCC(n2c(NC(=O)c3ccccc3)nc3cnc(OCCN4CCCCC4)cc32)CC1. The van der Waals surface area contributed by atoms with Crippen LogP contribution >= 0.6 is 0 Å². The molecule has 1 N–H and O–H groups in total. The van der Waals surface area contributed by atoms with Crippen molar-refractivity contribution in [3.05, 3.63) is 48.2 Å². The van der Waals surface area contributed by atoms with E-state index in [2.05, 4.69) is 15.2 Å². The van der Waals surface area contributed by atoms with Gasteiger partial charge in [-0.15, -0.1) is 0 Å². The number of benzene rings is 1. The molecule has 2 aromatic heterocycles. The third-order valence-electron chi connectivity index (χ3n) is 7.66. The monoisotopic (exact) mass is 554 g/mol. The highest BCUT2D eigenvalue weighted by atomic mass is 32.2. The molecule has 210 valence electrons. The summed E-state index contributed by atoms with van der Waals surface area (Å²) in [4.78, 5) is 24.7. The smallest absolute Gasteiger partial charge is 0.257 e. The van der Waals surface area contributed by atoms with E-state index in [1.807, 2.05) is 28.8 Å². The van der Waals surface area contributed by atoms with Crippen molar-refractivity contribution in [1.29, 1.82) is 0 Å². The summed E-state index contributed by atoms with van der Waals surface area (Å²) in [5, 5.41) is 2.53. The number of nitrogens with zero attached hydrogens (tertiary/aromatic N) is 5. The molecule has 3 aromatic rings. The van der Waals surface area contributed by atoms with Crippen molar-refractivity contribution in [1.82, 2.24) is 23.7 Å². The number of imidazole rings is 1. The van der Waals surface area contributed by atoms with E-state index in [-0.39, 0.29) is 11.9 Å². The number of aromatic nitrogens is 3. The lowest BCUT2D eigenvalue weighted by Gasteiger charge is -2.33. The van der Waals surface area contributed by atoms with Crippen LogP contribution in [0.5, 0.6) is 5.88 Å². The largest absolute Gasteiger partial charge is 0.476 e. The highest BCUT2D eigenvalue weighted by molar-refractivity contribution is 7.89. The van der Waals surface area contributed by atoms with E-state index in [9.17, 15) is 13.2 Å². The van der Waals surface area contributed by atoms with E-state index in [4.69, 9.17) is 9.72 Å². The number of amides is 1. The van der Waals surface area contributed by atoms with Gasteiger partial charge < -0.3 is 9.30 Å². The van der Waals surface area contributed by atoms with Gasteiger partial charge in [-0.25, -0.2) is 22.7 Å². The van der Waals surface area contributed by atoms with Gasteiger partial charge in [0.15, 0.2) is 0 Å². The molecule has 4 heterocycles. The summed E-state index contributed by atoms with van der Waals surface area (Å²) in [6.07, 6.45) is 6.66. The fraction of sp³-hybridized carbons (Fsp3) is 0.536. The third kappa shape index (κ3) is 6.26. The average molecular weight is 555 g/mol. The fourth-order valence-corrected chi connectivity index (χ4v) is 6.71. The van der Waals surface area contributed by atoms with Crippen molar-refractivity contribution in [3.8, 4) is 5.88 Å². The minimum atomic E-state index is -3.32. The number of anilines is 1. The molecule has 0 spiro atoms. The average Bonchev–Trinajstić information content (AvgIpc) is 3.31. The molecule has 2 aliphatic rings. The summed E-state index contributed by atoms with van der Waals surface area (Å²) in [6, 6.07) is 10.9. The lowest BCUT2D eigenvalue weighted by Crippen LogP contribution is -2.42. The second-order valence-electron chi connectivity index (χ2n) is 10.6. The summed E-state index contributed by atoms with van der Waals surface area (Å²) in [7, 11) is -3.32. The number of ether oxygens (including phenoxy) is 1. The van der Waals surface area contributed by atoms with Crippen molar-refractivity contribution < 1.29 is 17.9 Å². The van der Waals surface area contributed by atoms with Crippen molar-refractivity contribution in [2.75, 3.05) is 44.6 Å². The normalized spacial score (nSPS) is 18.0. The number of likely N-dealkylation sites (tertiary alicyclic amines) is 1. The molecule has 1 amide bonds. The van der Waals surface area contributed by atoms with Gasteiger partial charge in [0.2, 0.25) is 21.9 Å². The molecular weight excluding hydrogens is 516 g/mol. The lowest BCUT2D eigenvalue weighted by molar-refractivity contribution is 0.102. The van der Waals surface area contributed by atoms with Crippen molar-refractivity contribution in [2.24, 2.45) is 0 Å². The van der Waals surface area contributed by atoms with Crippen LogP contribution in [0, 0.1) is 0 Å². The second kappa shape index (κ2) is 12.0. The minimum absolute atomic E-state index is 0.0386.